The van der Waals surface area contributed by atoms with Crippen LogP contribution in [-0.4, -0.2) is 28.5 Å². The zero-order valence-electron chi connectivity index (χ0n) is 18.5. The van der Waals surface area contributed by atoms with Gasteiger partial charge in [-0.05, 0) is 48.2 Å². The van der Waals surface area contributed by atoms with Gasteiger partial charge in [0.1, 0.15) is 4.70 Å². The number of aryl methyl sites for hydroxylation is 1. The number of carbonyl (C=O) groups excluding carboxylic acids is 1. The molecule has 1 aliphatic heterocycles. The summed E-state index contributed by atoms with van der Waals surface area (Å²) >= 11 is 3.07. The van der Waals surface area contributed by atoms with Crippen molar-refractivity contribution in [3.63, 3.8) is 0 Å². The van der Waals surface area contributed by atoms with Gasteiger partial charge in [-0.25, -0.2) is 4.98 Å². The second kappa shape index (κ2) is 9.49. The maximum absolute atomic E-state index is 13.4. The molecule has 1 aromatic carbocycles. The van der Waals surface area contributed by atoms with E-state index in [2.05, 4.69) is 41.4 Å². The van der Waals surface area contributed by atoms with Crippen LogP contribution in [0.15, 0.2) is 58.0 Å². The summed E-state index contributed by atoms with van der Waals surface area (Å²) in [6.07, 6.45) is 1.73. The lowest BCUT2D eigenvalue weighted by Gasteiger charge is -2.34. The Hall–Kier alpha value is -2.97. The molecule has 6 nitrogen and oxygen atoms in total. The lowest BCUT2D eigenvalue weighted by Crippen LogP contribution is -2.45. The highest BCUT2D eigenvalue weighted by Crippen LogP contribution is 2.25. The van der Waals surface area contributed by atoms with Crippen molar-refractivity contribution in [1.82, 2.24) is 14.9 Å². The number of nitrogens with zero attached hydrogens (tertiary/aromatic N) is 3. The molecule has 3 aromatic heterocycles. The van der Waals surface area contributed by atoms with Gasteiger partial charge in [0.15, 0.2) is 0 Å². The number of anilines is 1. The Labute approximate surface area is 200 Å². The first-order valence-electron chi connectivity index (χ1n) is 11.2. The highest BCUT2D eigenvalue weighted by Gasteiger charge is 2.28. The number of amides is 1. The molecule has 4 heterocycles. The standard InChI is InChI=1S/C25H26N4O2S2/c1-17-6-8-18(9-7-17)15-29-24(31)22-21(10-13-33-22)27-25(29)28-11-2-4-19(16-28)23(30)26-14-20-5-3-12-32-20/h3,5-10,12-13,19H,2,4,11,14-16H2,1H3,(H,26,30)/t19-/m1/s1. The van der Waals surface area contributed by atoms with Gasteiger partial charge in [0.2, 0.25) is 11.9 Å². The monoisotopic (exact) mass is 478 g/mol. The molecule has 170 valence electrons. The van der Waals surface area contributed by atoms with Gasteiger partial charge in [0, 0.05) is 18.0 Å². The highest BCUT2D eigenvalue weighted by atomic mass is 32.1. The molecule has 0 saturated carbocycles. The summed E-state index contributed by atoms with van der Waals surface area (Å²) in [5.74, 6) is 0.598. The van der Waals surface area contributed by atoms with Crippen molar-refractivity contribution in [1.29, 1.82) is 0 Å². The lowest BCUT2D eigenvalue weighted by molar-refractivity contribution is -0.125. The van der Waals surface area contributed by atoms with Crippen LogP contribution in [-0.2, 0) is 17.9 Å². The highest BCUT2D eigenvalue weighted by molar-refractivity contribution is 7.17. The third-order valence-electron chi connectivity index (χ3n) is 6.10. The van der Waals surface area contributed by atoms with Gasteiger partial charge in [-0.3, -0.25) is 14.2 Å². The molecule has 33 heavy (non-hydrogen) atoms. The Kier molecular flexibility index (Phi) is 6.28. The summed E-state index contributed by atoms with van der Waals surface area (Å²) in [5, 5.41) is 7.01. The minimum atomic E-state index is -0.124. The molecule has 0 unspecified atom stereocenters. The van der Waals surface area contributed by atoms with Crippen molar-refractivity contribution in [3.8, 4) is 0 Å². The van der Waals surface area contributed by atoms with E-state index in [1.165, 1.54) is 16.9 Å². The summed E-state index contributed by atoms with van der Waals surface area (Å²) in [4.78, 5) is 34.4. The Balaban J connectivity index is 1.42. The van der Waals surface area contributed by atoms with Crippen LogP contribution < -0.4 is 15.8 Å². The van der Waals surface area contributed by atoms with Gasteiger partial charge in [0.05, 0.1) is 24.5 Å². The van der Waals surface area contributed by atoms with Crippen LogP contribution in [0.5, 0.6) is 0 Å². The van der Waals surface area contributed by atoms with Gasteiger partial charge in [0.25, 0.3) is 5.56 Å². The fourth-order valence-electron chi connectivity index (χ4n) is 4.30. The van der Waals surface area contributed by atoms with Crippen molar-refractivity contribution in [2.24, 2.45) is 5.92 Å². The summed E-state index contributed by atoms with van der Waals surface area (Å²) < 4.78 is 2.45. The van der Waals surface area contributed by atoms with E-state index in [-0.39, 0.29) is 17.4 Å². The Morgan fingerprint density at radius 2 is 2.00 bits per heavy atom. The zero-order chi connectivity index (χ0) is 22.8. The fraction of sp³-hybridized carbons (Fsp3) is 0.320. The average Bonchev–Trinajstić information content (AvgIpc) is 3.53. The van der Waals surface area contributed by atoms with Crippen LogP contribution in [0.3, 0.4) is 0 Å². The predicted molar refractivity (Wildman–Crippen MR) is 135 cm³/mol. The number of thiophene rings is 2. The van der Waals surface area contributed by atoms with E-state index >= 15 is 0 Å². The fourth-order valence-corrected chi connectivity index (χ4v) is 5.72. The van der Waals surface area contributed by atoms with Crippen molar-refractivity contribution < 1.29 is 4.79 Å². The van der Waals surface area contributed by atoms with E-state index in [1.54, 1.807) is 15.9 Å². The molecule has 1 saturated heterocycles. The van der Waals surface area contributed by atoms with Gasteiger partial charge in [-0.15, -0.1) is 22.7 Å². The average molecular weight is 479 g/mol. The number of benzene rings is 1. The number of rotatable bonds is 6. The molecular formula is C25H26N4O2S2. The predicted octanol–water partition coefficient (Wildman–Crippen LogP) is 4.41. The number of hydrogen-bond donors (Lipinski definition) is 1. The molecule has 1 atom stereocenters. The topological polar surface area (TPSA) is 67.2 Å². The summed E-state index contributed by atoms with van der Waals surface area (Å²) in [7, 11) is 0. The van der Waals surface area contributed by atoms with Crippen LogP contribution in [0.1, 0.15) is 28.8 Å². The first-order chi connectivity index (χ1) is 16.1. The number of aromatic nitrogens is 2. The second-order valence-corrected chi connectivity index (χ2v) is 10.5. The largest absolute Gasteiger partial charge is 0.351 e. The molecule has 5 rings (SSSR count). The van der Waals surface area contributed by atoms with Crippen LogP contribution in [0.2, 0.25) is 0 Å². The smallest absolute Gasteiger partial charge is 0.273 e. The Morgan fingerprint density at radius 3 is 2.79 bits per heavy atom. The van der Waals surface area contributed by atoms with E-state index in [0.29, 0.717) is 30.3 Å². The van der Waals surface area contributed by atoms with Gasteiger partial charge in [-0.1, -0.05) is 35.9 Å². The normalized spacial score (nSPS) is 16.3. The molecule has 4 aromatic rings. The van der Waals surface area contributed by atoms with Crippen molar-refractivity contribution >= 4 is 44.7 Å². The van der Waals surface area contributed by atoms with Crippen molar-refractivity contribution in [3.05, 3.63) is 79.6 Å². The number of fused-ring (bicyclic) bond motifs is 1. The Morgan fingerprint density at radius 1 is 1.15 bits per heavy atom. The maximum atomic E-state index is 13.4. The number of carbonyl (C=O) groups is 1. The Bertz CT molecular complexity index is 1310. The number of piperidine rings is 1. The minimum Gasteiger partial charge on any atom is -0.351 e. The van der Waals surface area contributed by atoms with Crippen LogP contribution in [0, 0.1) is 12.8 Å². The second-order valence-electron chi connectivity index (χ2n) is 8.51. The van der Waals surface area contributed by atoms with Crippen molar-refractivity contribution in [2.75, 3.05) is 18.0 Å². The first-order valence-corrected chi connectivity index (χ1v) is 12.9. The molecule has 1 amide bonds. The van der Waals surface area contributed by atoms with Gasteiger partial charge >= 0.3 is 0 Å². The molecule has 1 N–H and O–H groups in total. The van der Waals surface area contributed by atoms with E-state index in [0.717, 1.165) is 35.3 Å². The first kappa shape index (κ1) is 21.9. The quantitative estimate of drug-likeness (QED) is 0.446. The number of hydrogen-bond acceptors (Lipinski definition) is 6. The van der Waals surface area contributed by atoms with E-state index in [9.17, 15) is 9.59 Å². The van der Waals surface area contributed by atoms with Crippen LogP contribution in [0.4, 0.5) is 5.95 Å². The summed E-state index contributed by atoms with van der Waals surface area (Å²) in [6, 6.07) is 14.2. The molecule has 0 spiro atoms. The molecule has 1 fully saturated rings. The van der Waals surface area contributed by atoms with Crippen LogP contribution >= 0.6 is 22.7 Å². The van der Waals surface area contributed by atoms with E-state index in [4.69, 9.17) is 4.98 Å². The van der Waals surface area contributed by atoms with Gasteiger partial charge < -0.3 is 10.2 Å². The van der Waals surface area contributed by atoms with Crippen molar-refractivity contribution in [2.45, 2.75) is 32.9 Å². The molecule has 8 heteroatoms. The third kappa shape index (κ3) is 4.72. The summed E-state index contributed by atoms with van der Waals surface area (Å²) in [6.45, 7) is 4.42. The van der Waals surface area contributed by atoms with E-state index in [1.807, 2.05) is 29.0 Å². The minimum absolute atomic E-state index is 0.0187. The SMILES string of the molecule is Cc1ccc(Cn2c(N3CCC[C@@H](C(=O)NCc4cccs4)C3)nc3ccsc3c2=O)cc1. The molecule has 1 aliphatic rings. The molecule has 0 aliphatic carbocycles. The number of nitrogens with one attached hydrogen (secondary N) is 1. The van der Waals surface area contributed by atoms with E-state index < -0.39 is 0 Å². The molecular weight excluding hydrogens is 452 g/mol. The third-order valence-corrected chi connectivity index (χ3v) is 7.87. The lowest BCUT2D eigenvalue weighted by atomic mass is 9.97. The van der Waals surface area contributed by atoms with Gasteiger partial charge in [-0.2, -0.15) is 0 Å². The molecule has 0 radical (unpaired) electrons. The van der Waals surface area contributed by atoms with Crippen LogP contribution in [0.25, 0.3) is 10.2 Å². The summed E-state index contributed by atoms with van der Waals surface area (Å²) in [5.41, 5.74) is 2.95. The zero-order valence-corrected chi connectivity index (χ0v) is 20.1. The maximum Gasteiger partial charge on any atom is 0.273 e. The molecule has 0 bridgehead atoms.